The molecule has 2 fully saturated rings. The fraction of sp³-hybridized carbons (Fsp3) is 0.471. The quantitative estimate of drug-likeness (QED) is 0.611. The van der Waals surface area contributed by atoms with Gasteiger partial charge in [0.05, 0.1) is 15.7 Å². The van der Waals surface area contributed by atoms with E-state index in [4.69, 9.17) is 28.9 Å². The Morgan fingerprint density at radius 2 is 2.04 bits per heavy atom. The molecule has 1 aromatic rings. The van der Waals surface area contributed by atoms with Gasteiger partial charge in [0.2, 0.25) is 5.91 Å². The number of anilines is 1. The second-order valence-corrected chi connectivity index (χ2v) is 7.43. The van der Waals surface area contributed by atoms with Gasteiger partial charge >= 0.3 is 6.03 Å². The molecule has 140 valence electrons. The van der Waals surface area contributed by atoms with Crippen LogP contribution in [0.1, 0.15) is 25.7 Å². The summed E-state index contributed by atoms with van der Waals surface area (Å²) in [5.74, 6) is -0.0993. The predicted molar refractivity (Wildman–Crippen MR) is 99.2 cm³/mol. The van der Waals surface area contributed by atoms with Crippen molar-refractivity contribution in [1.82, 2.24) is 10.6 Å². The number of urea groups is 1. The first-order valence-electron chi connectivity index (χ1n) is 8.48. The van der Waals surface area contributed by atoms with Gasteiger partial charge in [-0.15, -0.1) is 0 Å². The topological polar surface area (TPSA) is 105 Å². The molecule has 0 radical (unpaired) electrons. The van der Waals surface area contributed by atoms with Crippen molar-refractivity contribution in [2.75, 3.05) is 11.4 Å². The minimum atomic E-state index is -0.750. The molecule has 7 nitrogen and oxygen atoms in total. The van der Waals surface area contributed by atoms with Crippen LogP contribution in [0.2, 0.25) is 10.0 Å². The highest BCUT2D eigenvalue weighted by Gasteiger charge is 2.39. The molecule has 4 N–H and O–H groups in total. The van der Waals surface area contributed by atoms with Crippen LogP contribution in [0.5, 0.6) is 0 Å². The highest BCUT2D eigenvalue weighted by atomic mass is 35.5. The maximum Gasteiger partial charge on any atom is 0.329 e. The number of nitrogens with one attached hydrogen (secondary N) is 2. The van der Waals surface area contributed by atoms with Gasteiger partial charge in [0.1, 0.15) is 6.04 Å². The molecule has 0 aromatic heterocycles. The summed E-state index contributed by atoms with van der Waals surface area (Å²) in [7, 11) is 0. The number of hydrogen-bond acceptors (Lipinski definition) is 4. The van der Waals surface area contributed by atoms with Crippen LogP contribution in [0.3, 0.4) is 0 Å². The summed E-state index contributed by atoms with van der Waals surface area (Å²) in [5, 5.41) is 5.95. The number of nitrogens with two attached hydrogens (primary N) is 1. The zero-order valence-corrected chi connectivity index (χ0v) is 15.5. The van der Waals surface area contributed by atoms with Crippen LogP contribution in [0.4, 0.5) is 10.5 Å². The van der Waals surface area contributed by atoms with Crippen molar-refractivity contribution in [2.24, 2.45) is 11.7 Å². The van der Waals surface area contributed by atoms with E-state index in [0.717, 1.165) is 17.7 Å². The molecule has 0 spiro atoms. The molecule has 0 bridgehead atoms. The van der Waals surface area contributed by atoms with Crippen LogP contribution < -0.4 is 21.3 Å². The summed E-state index contributed by atoms with van der Waals surface area (Å²) >= 11 is 11.8. The first-order valence-corrected chi connectivity index (χ1v) is 9.24. The van der Waals surface area contributed by atoms with Crippen molar-refractivity contribution in [3.63, 3.8) is 0 Å². The molecule has 1 saturated carbocycles. The molecule has 1 saturated heterocycles. The number of imide groups is 1. The van der Waals surface area contributed by atoms with Crippen LogP contribution in [-0.2, 0) is 9.59 Å². The number of amides is 4. The SMILES string of the molecule is NC(CNC(=O)CCC1NC(=O)N(c2ccc(Cl)c(Cl)c2)C1=O)C1CC1. The molecule has 1 aliphatic heterocycles. The molecule has 1 heterocycles. The lowest BCUT2D eigenvalue weighted by atomic mass is 10.1. The molecule has 3 rings (SSSR count). The molecular formula is C17H20Cl2N4O3. The summed E-state index contributed by atoms with van der Waals surface area (Å²) in [6.07, 6.45) is 2.57. The number of halogens is 2. The van der Waals surface area contributed by atoms with Gasteiger partial charge in [-0.3, -0.25) is 9.59 Å². The Morgan fingerprint density at radius 3 is 2.69 bits per heavy atom. The van der Waals surface area contributed by atoms with Gasteiger partial charge in [-0.1, -0.05) is 23.2 Å². The van der Waals surface area contributed by atoms with Crippen LogP contribution in [0.15, 0.2) is 18.2 Å². The van der Waals surface area contributed by atoms with E-state index in [1.165, 1.54) is 12.1 Å². The van der Waals surface area contributed by atoms with E-state index >= 15 is 0 Å². The van der Waals surface area contributed by atoms with E-state index in [1.54, 1.807) is 6.07 Å². The van der Waals surface area contributed by atoms with Gasteiger partial charge in [0, 0.05) is 19.0 Å². The molecule has 1 aromatic carbocycles. The highest BCUT2D eigenvalue weighted by Crippen LogP contribution is 2.31. The normalized spacial score (nSPS) is 20.9. The maximum absolute atomic E-state index is 12.5. The molecule has 1 aliphatic carbocycles. The Kier molecular flexibility index (Phi) is 5.70. The van der Waals surface area contributed by atoms with E-state index in [1.807, 2.05) is 0 Å². The lowest BCUT2D eigenvalue weighted by molar-refractivity contribution is -0.121. The van der Waals surface area contributed by atoms with E-state index in [2.05, 4.69) is 10.6 Å². The summed E-state index contributed by atoms with van der Waals surface area (Å²) in [5.41, 5.74) is 6.28. The van der Waals surface area contributed by atoms with Crippen molar-refractivity contribution in [3.8, 4) is 0 Å². The molecular weight excluding hydrogens is 379 g/mol. The zero-order valence-electron chi connectivity index (χ0n) is 14.0. The number of nitrogens with zero attached hydrogens (tertiary/aromatic N) is 1. The van der Waals surface area contributed by atoms with Gasteiger partial charge in [0.15, 0.2) is 0 Å². The third kappa shape index (κ3) is 4.28. The summed E-state index contributed by atoms with van der Waals surface area (Å²) < 4.78 is 0. The van der Waals surface area contributed by atoms with Crippen molar-refractivity contribution in [2.45, 2.75) is 37.8 Å². The van der Waals surface area contributed by atoms with Gasteiger partial charge in [0.25, 0.3) is 5.91 Å². The van der Waals surface area contributed by atoms with Crippen molar-refractivity contribution >= 4 is 46.7 Å². The van der Waals surface area contributed by atoms with E-state index in [0.29, 0.717) is 23.2 Å². The fourth-order valence-electron chi connectivity index (χ4n) is 2.88. The average molecular weight is 399 g/mol. The number of benzene rings is 1. The number of carbonyl (C=O) groups is 3. The van der Waals surface area contributed by atoms with E-state index in [9.17, 15) is 14.4 Å². The van der Waals surface area contributed by atoms with E-state index < -0.39 is 18.0 Å². The van der Waals surface area contributed by atoms with Gasteiger partial charge < -0.3 is 16.4 Å². The minimum Gasteiger partial charge on any atom is -0.355 e. The third-order valence-corrected chi connectivity index (χ3v) is 5.34. The Balaban J connectivity index is 1.53. The molecule has 2 atom stereocenters. The van der Waals surface area contributed by atoms with Crippen molar-refractivity contribution in [3.05, 3.63) is 28.2 Å². The summed E-state index contributed by atoms with van der Waals surface area (Å²) in [6, 6.07) is 3.20. The van der Waals surface area contributed by atoms with E-state index in [-0.39, 0.29) is 29.8 Å². The summed E-state index contributed by atoms with van der Waals surface area (Å²) in [6.45, 7) is 0.434. The fourth-order valence-corrected chi connectivity index (χ4v) is 3.17. The lowest BCUT2D eigenvalue weighted by Gasteiger charge is -2.14. The van der Waals surface area contributed by atoms with Crippen LogP contribution in [0.25, 0.3) is 0 Å². The van der Waals surface area contributed by atoms with Gasteiger partial charge in [-0.2, -0.15) is 0 Å². The Bertz CT molecular complexity index is 739. The second-order valence-electron chi connectivity index (χ2n) is 6.62. The standard InChI is InChI=1S/C17H20Cl2N4O3/c18-11-4-3-10(7-12(11)19)23-16(25)14(22-17(23)26)5-6-15(24)21-8-13(20)9-1-2-9/h3-4,7,9,13-14H,1-2,5-6,8,20H2,(H,21,24)(H,22,26). The summed E-state index contributed by atoms with van der Waals surface area (Å²) in [4.78, 5) is 37.6. The molecule has 2 aliphatic rings. The Hall–Kier alpha value is -1.83. The van der Waals surface area contributed by atoms with Crippen LogP contribution in [-0.4, -0.2) is 36.5 Å². The minimum absolute atomic E-state index is 0.0167. The third-order valence-electron chi connectivity index (χ3n) is 4.60. The number of hydrogen-bond donors (Lipinski definition) is 3. The molecule has 26 heavy (non-hydrogen) atoms. The second kappa shape index (κ2) is 7.82. The highest BCUT2D eigenvalue weighted by molar-refractivity contribution is 6.42. The lowest BCUT2D eigenvalue weighted by Crippen LogP contribution is -2.39. The van der Waals surface area contributed by atoms with Gasteiger partial charge in [-0.05, 0) is 43.4 Å². The average Bonchev–Trinajstić information content (AvgIpc) is 3.40. The first kappa shape index (κ1) is 18.9. The smallest absolute Gasteiger partial charge is 0.329 e. The zero-order chi connectivity index (χ0) is 18.8. The molecule has 2 unspecified atom stereocenters. The van der Waals surface area contributed by atoms with Crippen molar-refractivity contribution in [1.29, 1.82) is 0 Å². The first-order chi connectivity index (χ1) is 12.4. The monoisotopic (exact) mass is 398 g/mol. The number of carbonyl (C=O) groups excluding carboxylic acids is 3. The van der Waals surface area contributed by atoms with Gasteiger partial charge in [-0.25, -0.2) is 9.69 Å². The largest absolute Gasteiger partial charge is 0.355 e. The number of rotatable bonds is 7. The van der Waals surface area contributed by atoms with Crippen LogP contribution >= 0.6 is 23.2 Å². The predicted octanol–water partition coefficient (Wildman–Crippen LogP) is 2.05. The maximum atomic E-state index is 12.5. The Morgan fingerprint density at radius 1 is 1.31 bits per heavy atom. The van der Waals surface area contributed by atoms with Crippen molar-refractivity contribution < 1.29 is 14.4 Å². The van der Waals surface area contributed by atoms with Crippen LogP contribution in [0, 0.1) is 5.92 Å². The Labute approximate surface area is 161 Å². The molecule has 4 amide bonds. The molecule has 9 heteroatoms.